The second-order valence-electron chi connectivity index (χ2n) is 7.46. The van der Waals surface area contributed by atoms with E-state index in [-0.39, 0.29) is 37.2 Å². The molecule has 2 aliphatic heterocycles. The molecule has 0 atom stereocenters. The van der Waals surface area contributed by atoms with Crippen LogP contribution in [0.4, 0.5) is 24.8 Å². The smallest absolute Gasteiger partial charge is 0.416 e. The lowest BCUT2D eigenvalue weighted by Crippen LogP contribution is -2.42. The maximum atomic E-state index is 13.6. The van der Waals surface area contributed by atoms with Crippen LogP contribution in [0.3, 0.4) is 0 Å². The number of fused-ring (bicyclic) bond motifs is 5. The van der Waals surface area contributed by atoms with Crippen LogP contribution < -0.4 is 15.0 Å². The number of morpholine rings is 1. The third-order valence-electron chi connectivity index (χ3n) is 5.35. The van der Waals surface area contributed by atoms with E-state index in [1.54, 1.807) is 12.1 Å². The van der Waals surface area contributed by atoms with Gasteiger partial charge in [-0.05, 0) is 29.3 Å². The van der Waals surface area contributed by atoms with Gasteiger partial charge in [0.05, 0.1) is 30.4 Å². The van der Waals surface area contributed by atoms with Gasteiger partial charge in [-0.25, -0.2) is 4.98 Å². The van der Waals surface area contributed by atoms with Gasteiger partial charge in [0.1, 0.15) is 24.8 Å². The number of nitrogens with zero attached hydrogens (tertiary/aromatic N) is 4. The van der Waals surface area contributed by atoms with Crippen molar-refractivity contribution in [2.45, 2.75) is 12.7 Å². The number of nitrogens with one attached hydrogen (secondary N) is 1. The molecule has 0 saturated carbocycles. The molecule has 1 aromatic carbocycles. The molecule has 1 amide bonds. The number of pyridine rings is 1. The zero-order valence-corrected chi connectivity index (χ0v) is 17.2. The van der Waals surface area contributed by atoms with Gasteiger partial charge in [0, 0.05) is 11.9 Å². The Morgan fingerprint density at radius 1 is 1.18 bits per heavy atom. The molecule has 0 aliphatic carbocycles. The monoisotopic (exact) mass is 457 g/mol. The van der Waals surface area contributed by atoms with Gasteiger partial charge < -0.3 is 14.8 Å². The van der Waals surface area contributed by atoms with E-state index in [0.717, 1.165) is 6.07 Å². The van der Waals surface area contributed by atoms with Crippen molar-refractivity contribution in [3.63, 3.8) is 0 Å². The fourth-order valence-electron chi connectivity index (χ4n) is 3.79. The molecule has 2 aromatic heterocycles. The Labute approximate surface area is 186 Å². The Morgan fingerprint density at radius 3 is 2.88 bits per heavy atom. The van der Waals surface area contributed by atoms with Crippen molar-refractivity contribution in [1.29, 1.82) is 0 Å². The molecule has 2 bridgehead atoms. The Bertz CT molecular complexity index is 1260. The first-order valence-corrected chi connectivity index (χ1v) is 10.2. The highest BCUT2D eigenvalue weighted by Gasteiger charge is 2.33. The van der Waals surface area contributed by atoms with Gasteiger partial charge in [0.2, 0.25) is 0 Å². The topological polar surface area (TPSA) is 89.5 Å². The lowest BCUT2D eigenvalue weighted by atomic mass is 9.99. The Kier molecular flexibility index (Phi) is 5.33. The second-order valence-corrected chi connectivity index (χ2v) is 7.46. The molecule has 2 aliphatic rings. The molecule has 5 rings (SSSR count). The van der Waals surface area contributed by atoms with Crippen molar-refractivity contribution in [2.75, 3.05) is 36.6 Å². The zero-order valence-electron chi connectivity index (χ0n) is 17.2. The highest BCUT2D eigenvalue weighted by atomic mass is 19.4. The fourth-order valence-corrected chi connectivity index (χ4v) is 3.79. The van der Waals surface area contributed by atoms with Crippen LogP contribution in [-0.4, -0.2) is 47.2 Å². The largest absolute Gasteiger partial charge is 0.459 e. The van der Waals surface area contributed by atoms with Crippen LogP contribution in [0.5, 0.6) is 6.01 Å². The molecule has 33 heavy (non-hydrogen) atoms. The van der Waals surface area contributed by atoms with E-state index >= 15 is 0 Å². The second kappa shape index (κ2) is 8.32. The molecular weight excluding hydrogens is 439 g/mol. The van der Waals surface area contributed by atoms with Gasteiger partial charge in [-0.2, -0.15) is 23.1 Å². The van der Waals surface area contributed by atoms with Gasteiger partial charge in [0.15, 0.2) is 0 Å². The van der Waals surface area contributed by atoms with Crippen LogP contribution in [0.1, 0.15) is 16.7 Å². The summed E-state index contributed by atoms with van der Waals surface area (Å²) in [5, 5.41) is 3.68. The number of benzene rings is 1. The number of hydrogen-bond acceptors (Lipinski definition) is 7. The summed E-state index contributed by atoms with van der Waals surface area (Å²) in [5.41, 5.74) is 0.264. The van der Waals surface area contributed by atoms with E-state index < -0.39 is 11.7 Å². The van der Waals surface area contributed by atoms with E-state index in [0.29, 0.717) is 41.3 Å². The van der Waals surface area contributed by atoms with Crippen molar-refractivity contribution in [1.82, 2.24) is 15.0 Å². The van der Waals surface area contributed by atoms with Gasteiger partial charge >= 0.3 is 12.2 Å². The first-order chi connectivity index (χ1) is 15.9. The molecular formula is C22H18F3N5O3. The van der Waals surface area contributed by atoms with Crippen molar-refractivity contribution < 1.29 is 27.4 Å². The van der Waals surface area contributed by atoms with Crippen LogP contribution in [0, 0.1) is 0 Å². The lowest BCUT2D eigenvalue weighted by Gasteiger charge is -2.26. The van der Waals surface area contributed by atoms with E-state index in [4.69, 9.17) is 9.47 Å². The molecule has 0 radical (unpaired) electrons. The maximum Gasteiger partial charge on any atom is 0.416 e. The summed E-state index contributed by atoms with van der Waals surface area (Å²) in [7, 11) is 0. The molecule has 11 heteroatoms. The van der Waals surface area contributed by atoms with Crippen molar-refractivity contribution >= 4 is 34.5 Å². The average molecular weight is 457 g/mol. The van der Waals surface area contributed by atoms with Gasteiger partial charge in [-0.15, -0.1) is 0 Å². The van der Waals surface area contributed by atoms with E-state index in [1.165, 1.54) is 29.3 Å². The highest BCUT2D eigenvalue weighted by Crippen LogP contribution is 2.35. The van der Waals surface area contributed by atoms with Gasteiger partial charge in [0.25, 0.3) is 5.91 Å². The minimum Gasteiger partial charge on any atom is -0.459 e. The summed E-state index contributed by atoms with van der Waals surface area (Å²) >= 11 is 0. The van der Waals surface area contributed by atoms with Crippen LogP contribution in [-0.2, 0) is 22.3 Å². The summed E-state index contributed by atoms with van der Waals surface area (Å²) in [4.78, 5) is 26.8. The summed E-state index contributed by atoms with van der Waals surface area (Å²) in [5.74, 6) is 0.570. The Morgan fingerprint density at radius 2 is 2.06 bits per heavy atom. The van der Waals surface area contributed by atoms with Crippen LogP contribution in [0.2, 0.25) is 0 Å². The average Bonchev–Trinajstić information content (AvgIpc) is 2.82. The number of aromatic nitrogens is 3. The summed E-state index contributed by atoms with van der Waals surface area (Å²) in [6.07, 6.45) is -0.0837. The zero-order chi connectivity index (χ0) is 23.0. The van der Waals surface area contributed by atoms with Crippen LogP contribution in [0.25, 0.3) is 17.0 Å². The first kappa shape index (κ1) is 21.1. The number of alkyl halides is 3. The van der Waals surface area contributed by atoms with Gasteiger partial charge in [-0.3, -0.25) is 9.69 Å². The number of anilines is 2. The predicted octanol–water partition coefficient (Wildman–Crippen LogP) is 3.42. The molecule has 3 aromatic rings. The minimum atomic E-state index is -4.49. The van der Waals surface area contributed by atoms with Crippen molar-refractivity contribution in [3.8, 4) is 6.01 Å². The van der Waals surface area contributed by atoms with E-state index in [9.17, 15) is 18.0 Å². The molecule has 4 heterocycles. The molecule has 0 spiro atoms. The quantitative estimate of drug-likeness (QED) is 0.599. The summed E-state index contributed by atoms with van der Waals surface area (Å²) in [6, 6.07) is 5.80. The number of rotatable bonds is 1. The fraction of sp³-hybridized carbons (Fsp3) is 0.273. The predicted molar refractivity (Wildman–Crippen MR) is 114 cm³/mol. The first-order valence-electron chi connectivity index (χ1n) is 10.2. The molecule has 0 unspecified atom stereocenters. The standard InChI is InChI=1S/C22H18F3N5O3/c23-22(24,25)16-5-1-3-13-10-27-20-15-9-18(30-6-8-32-12-19(30)31)26-11-17(15)28-21(29-20)33-7-2-4-14(13)16/h1-5,9,11H,6-8,10,12H2,(H,27,28,29)/b4-2-. The number of amides is 1. The van der Waals surface area contributed by atoms with Crippen molar-refractivity contribution in [3.05, 3.63) is 53.2 Å². The molecule has 1 saturated heterocycles. The Balaban J connectivity index is 1.57. The Hall–Kier alpha value is -3.73. The SMILES string of the molecule is O=C1COCCN1c1cc2c3nc(nc2cn1)OC/C=C\c1c(cccc1C(F)(F)F)CN3. The number of halogens is 3. The molecule has 8 nitrogen and oxygen atoms in total. The molecule has 170 valence electrons. The highest BCUT2D eigenvalue weighted by molar-refractivity contribution is 5.97. The normalized spacial score (nSPS) is 17.5. The number of carbonyl (C=O) groups is 1. The van der Waals surface area contributed by atoms with E-state index in [2.05, 4.69) is 20.3 Å². The lowest BCUT2D eigenvalue weighted by molar-refractivity contribution is -0.137. The number of hydrogen-bond donors (Lipinski definition) is 1. The minimum absolute atomic E-state index is 0.00955. The molecule has 1 N–H and O–H groups in total. The maximum absolute atomic E-state index is 13.6. The number of ether oxygens (including phenoxy) is 2. The molecule has 1 fully saturated rings. The van der Waals surface area contributed by atoms with Gasteiger partial charge in [-0.1, -0.05) is 18.2 Å². The number of carbonyl (C=O) groups excluding carboxylic acids is 1. The van der Waals surface area contributed by atoms with E-state index in [1.807, 2.05) is 0 Å². The van der Waals surface area contributed by atoms with Crippen molar-refractivity contribution in [2.24, 2.45) is 0 Å². The third kappa shape index (κ3) is 4.19. The third-order valence-corrected chi connectivity index (χ3v) is 5.35. The summed E-state index contributed by atoms with van der Waals surface area (Å²) < 4.78 is 51.4. The van der Waals surface area contributed by atoms with Crippen LogP contribution >= 0.6 is 0 Å². The van der Waals surface area contributed by atoms with Crippen LogP contribution in [0.15, 0.2) is 36.5 Å². The summed E-state index contributed by atoms with van der Waals surface area (Å²) in [6.45, 7) is 0.805.